The van der Waals surface area contributed by atoms with Crippen molar-refractivity contribution in [3.8, 4) is 17.2 Å². The number of carbonyl (C=O) groups excluding carboxylic acids is 1. The number of aromatic nitrogens is 2. The Hall–Kier alpha value is -3.71. The standard InChI is InChI=1S/C22H19N3O4/c1-13-10-15(22-25-20-18(29-22)4-3-9-23-20)7-8-17(13)24-21(27)14-5-6-16(12-26)19(11-14)28-2/h3-11,26H,12H2,1-2H3,(H,24,27). The van der Waals surface area contributed by atoms with Crippen molar-refractivity contribution in [2.24, 2.45) is 0 Å². The lowest BCUT2D eigenvalue weighted by Crippen LogP contribution is -2.13. The summed E-state index contributed by atoms with van der Waals surface area (Å²) in [7, 11) is 1.50. The number of benzene rings is 2. The van der Waals surface area contributed by atoms with Crippen LogP contribution in [0.5, 0.6) is 5.75 Å². The second kappa shape index (κ2) is 7.73. The smallest absolute Gasteiger partial charge is 0.255 e. The Kier molecular flexibility index (Phi) is 4.97. The molecule has 7 nitrogen and oxygen atoms in total. The normalized spacial score (nSPS) is 10.9. The fraction of sp³-hybridized carbons (Fsp3) is 0.136. The molecule has 2 N–H and O–H groups in total. The van der Waals surface area contributed by atoms with Crippen molar-refractivity contribution in [1.29, 1.82) is 0 Å². The third-order valence-electron chi connectivity index (χ3n) is 4.61. The Morgan fingerprint density at radius 1 is 1.21 bits per heavy atom. The van der Waals surface area contributed by atoms with Crippen molar-refractivity contribution in [2.75, 3.05) is 12.4 Å². The minimum absolute atomic E-state index is 0.156. The van der Waals surface area contributed by atoms with Gasteiger partial charge in [-0.05, 0) is 55.0 Å². The van der Waals surface area contributed by atoms with Gasteiger partial charge < -0.3 is 19.6 Å². The largest absolute Gasteiger partial charge is 0.496 e. The zero-order valence-corrected chi connectivity index (χ0v) is 16.0. The SMILES string of the molecule is COc1cc(C(=O)Nc2ccc(-c3nc4ncccc4o3)cc2C)ccc1CO. The average molecular weight is 389 g/mol. The summed E-state index contributed by atoms with van der Waals surface area (Å²) in [6, 6.07) is 14.1. The molecule has 0 unspecified atom stereocenters. The number of nitrogens with one attached hydrogen (secondary N) is 1. The molecule has 0 aliphatic heterocycles. The minimum atomic E-state index is -0.269. The monoisotopic (exact) mass is 389 g/mol. The average Bonchev–Trinajstić information content (AvgIpc) is 3.18. The first kappa shape index (κ1) is 18.6. The Morgan fingerprint density at radius 2 is 2.07 bits per heavy atom. The molecule has 2 heterocycles. The van der Waals surface area contributed by atoms with E-state index in [1.807, 2.05) is 31.2 Å². The van der Waals surface area contributed by atoms with Gasteiger partial charge in [-0.25, -0.2) is 4.98 Å². The van der Waals surface area contributed by atoms with Crippen LogP contribution in [-0.2, 0) is 6.61 Å². The van der Waals surface area contributed by atoms with Crippen LogP contribution in [0.3, 0.4) is 0 Å². The van der Waals surface area contributed by atoms with Gasteiger partial charge in [-0.3, -0.25) is 4.79 Å². The van der Waals surface area contributed by atoms with E-state index in [9.17, 15) is 9.90 Å². The fourth-order valence-corrected chi connectivity index (χ4v) is 3.04. The second-order valence-electron chi connectivity index (χ2n) is 6.51. The van der Waals surface area contributed by atoms with Gasteiger partial charge in [0.1, 0.15) is 5.75 Å². The van der Waals surface area contributed by atoms with Gasteiger partial charge in [0.05, 0.1) is 13.7 Å². The van der Waals surface area contributed by atoms with Crippen LogP contribution in [0, 0.1) is 6.92 Å². The third-order valence-corrected chi connectivity index (χ3v) is 4.61. The first-order valence-corrected chi connectivity index (χ1v) is 9.00. The molecule has 7 heteroatoms. The predicted molar refractivity (Wildman–Crippen MR) is 109 cm³/mol. The number of carbonyl (C=O) groups is 1. The number of hydrogen-bond donors (Lipinski definition) is 2. The molecule has 0 aliphatic rings. The van der Waals surface area contributed by atoms with E-state index in [0.29, 0.717) is 39.7 Å². The maximum Gasteiger partial charge on any atom is 0.255 e. The van der Waals surface area contributed by atoms with Gasteiger partial charge in [-0.15, -0.1) is 0 Å². The molecular formula is C22H19N3O4. The first-order valence-electron chi connectivity index (χ1n) is 9.00. The third kappa shape index (κ3) is 3.68. The molecule has 146 valence electrons. The van der Waals surface area contributed by atoms with Crippen LogP contribution in [0.1, 0.15) is 21.5 Å². The van der Waals surface area contributed by atoms with Crippen LogP contribution in [-0.4, -0.2) is 28.1 Å². The van der Waals surface area contributed by atoms with Crippen LogP contribution in [0.2, 0.25) is 0 Å². The maximum absolute atomic E-state index is 12.6. The number of aliphatic hydroxyl groups is 1. The molecule has 2 aromatic heterocycles. The van der Waals surface area contributed by atoms with E-state index in [-0.39, 0.29) is 12.5 Å². The number of oxazole rings is 1. The van der Waals surface area contributed by atoms with Crippen LogP contribution < -0.4 is 10.1 Å². The second-order valence-corrected chi connectivity index (χ2v) is 6.51. The molecule has 0 radical (unpaired) electrons. The molecule has 2 aromatic carbocycles. The zero-order valence-electron chi connectivity index (χ0n) is 16.0. The Balaban J connectivity index is 1.57. The molecule has 0 aliphatic carbocycles. The van der Waals surface area contributed by atoms with Crippen molar-refractivity contribution < 1.29 is 19.1 Å². The molecule has 0 bridgehead atoms. The molecule has 29 heavy (non-hydrogen) atoms. The molecule has 4 aromatic rings. The summed E-state index contributed by atoms with van der Waals surface area (Å²) in [4.78, 5) is 21.2. The molecule has 0 fully saturated rings. The van der Waals surface area contributed by atoms with Gasteiger partial charge >= 0.3 is 0 Å². The molecular weight excluding hydrogens is 370 g/mol. The number of aryl methyl sites for hydroxylation is 1. The van der Waals surface area contributed by atoms with Crippen LogP contribution in [0.15, 0.2) is 59.1 Å². The van der Waals surface area contributed by atoms with E-state index < -0.39 is 0 Å². The molecule has 0 atom stereocenters. The van der Waals surface area contributed by atoms with Gasteiger partial charge in [-0.2, -0.15) is 4.98 Å². The lowest BCUT2D eigenvalue weighted by Gasteiger charge is -2.11. The maximum atomic E-state index is 12.6. The summed E-state index contributed by atoms with van der Waals surface area (Å²) >= 11 is 0. The Labute approximate surface area is 167 Å². The Bertz CT molecular complexity index is 1170. The number of methoxy groups -OCH3 is 1. The molecule has 1 amide bonds. The number of fused-ring (bicyclic) bond motifs is 1. The first-order chi connectivity index (χ1) is 14.1. The summed E-state index contributed by atoms with van der Waals surface area (Å²) in [6.45, 7) is 1.74. The summed E-state index contributed by atoms with van der Waals surface area (Å²) < 4.78 is 11.0. The van der Waals surface area contributed by atoms with E-state index in [4.69, 9.17) is 9.15 Å². The van der Waals surface area contributed by atoms with Gasteiger partial charge in [0.25, 0.3) is 5.91 Å². The van der Waals surface area contributed by atoms with Crippen molar-refractivity contribution in [1.82, 2.24) is 9.97 Å². The van der Waals surface area contributed by atoms with Crippen molar-refractivity contribution in [3.63, 3.8) is 0 Å². The molecule has 0 spiro atoms. The quantitative estimate of drug-likeness (QED) is 0.536. The topological polar surface area (TPSA) is 97.5 Å². The highest BCUT2D eigenvalue weighted by atomic mass is 16.5. The summed E-state index contributed by atoms with van der Waals surface area (Å²) in [5.74, 6) is 0.676. The van der Waals surface area contributed by atoms with Crippen LogP contribution >= 0.6 is 0 Å². The van der Waals surface area contributed by atoms with Crippen LogP contribution in [0.4, 0.5) is 5.69 Å². The van der Waals surface area contributed by atoms with E-state index >= 15 is 0 Å². The van der Waals surface area contributed by atoms with Crippen LogP contribution in [0.25, 0.3) is 22.7 Å². The number of amides is 1. The fourth-order valence-electron chi connectivity index (χ4n) is 3.04. The number of rotatable bonds is 5. The van der Waals surface area contributed by atoms with Crippen molar-refractivity contribution >= 4 is 22.8 Å². The highest BCUT2D eigenvalue weighted by Gasteiger charge is 2.13. The van der Waals surface area contributed by atoms with Gasteiger partial charge in [0, 0.05) is 28.6 Å². The number of nitrogens with zero attached hydrogens (tertiary/aromatic N) is 2. The highest BCUT2D eigenvalue weighted by molar-refractivity contribution is 6.05. The van der Waals surface area contributed by atoms with E-state index in [1.54, 1.807) is 30.5 Å². The number of ether oxygens (including phenoxy) is 1. The highest BCUT2D eigenvalue weighted by Crippen LogP contribution is 2.27. The zero-order chi connectivity index (χ0) is 20.4. The van der Waals surface area contributed by atoms with E-state index in [2.05, 4.69) is 15.3 Å². The lowest BCUT2D eigenvalue weighted by molar-refractivity contribution is 0.102. The van der Waals surface area contributed by atoms with Crippen molar-refractivity contribution in [3.05, 3.63) is 71.4 Å². The summed E-state index contributed by atoms with van der Waals surface area (Å²) in [5, 5.41) is 12.2. The number of aliphatic hydroxyl groups excluding tert-OH is 1. The Morgan fingerprint density at radius 3 is 2.79 bits per heavy atom. The number of anilines is 1. The molecule has 0 saturated heterocycles. The van der Waals surface area contributed by atoms with Crippen molar-refractivity contribution in [2.45, 2.75) is 13.5 Å². The van der Waals surface area contributed by atoms with Gasteiger partial charge in [0.15, 0.2) is 11.2 Å². The number of hydrogen-bond acceptors (Lipinski definition) is 6. The van der Waals surface area contributed by atoms with E-state index in [1.165, 1.54) is 7.11 Å². The predicted octanol–water partition coefficient (Wildman–Crippen LogP) is 3.95. The van der Waals surface area contributed by atoms with E-state index in [0.717, 1.165) is 11.1 Å². The number of pyridine rings is 1. The molecule has 0 saturated carbocycles. The van der Waals surface area contributed by atoms with Gasteiger partial charge in [0.2, 0.25) is 5.89 Å². The minimum Gasteiger partial charge on any atom is -0.496 e. The molecule has 4 rings (SSSR count). The lowest BCUT2D eigenvalue weighted by atomic mass is 10.1. The van der Waals surface area contributed by atoms with Gasteiger partial charge in [-0.1, -0.05) is 6.07 Å². The summed E-state index contributed by atoms with van der Waals surface area (Å²) in [5.41, 5.74) is 4.58. The summed E-state index contributed by atoms with van der Waals surface area (Å²) in [6.07, 6.45) is 1.67.